The molecule has 1 rings (SSSR count). The number of carboxylic acid groups (broad SMARTS) is 1. The van der Waals surface area contributed by atoms with Crippen LogP contribution >= 0.6 is 0 Å². The van der Waals surface area contributed by atoms with Crippen molar-refractivity contribution in [3.8, 4) is 0 Å². The average molecular weight is 240 g/mol. The largest absolute Gasteiger partial charge is 0.481 e. The molecule has 6 nitrogen and oxygen atoms in total. The lowest BCUT2D eigenvalue weighted by Crippen LogP contribution is -2.27. The summed E-state index contributed by atoms with van der Waals surface area (Å²) in [7, 11) is 0. The van der Waals surface area contributed by atoms with E-state index in [9.17, 15) is 9.59 Å². The van der Waals surface area contributed by atoms with Gasteiger partial charge in [-0.25, -0.2) is 14.3 Å². The highest BCUT2D eigenvalue weighted by molar-refractivity contribution is 5.72. The molecule has 1 aromatic rings. The maximum Gasteiger partial charge on any atom is 0.420 e. The summed E-state index contributed by atoms with van der Waals surface area (Å²) in [5, 5.41) is 8.58. The zero-order chi connectivity index (χ0) is 13.1. The average Bonchev–Trinajstić information content (AvgIpc) is 2.59. The van der Waals surface area contributed by atoms with Crippen LogP contribution in [0.2, 0.25) is 0 Å². The number of aliphatic carboxylic acids is 1. The van der Waals surface area contributed by atoms with Gasteiger partial charge in [0.15, 0.2) is 0 Å². The first-order valence-corrected chi connectivity index (χ1v) is 5.26. The number of ether oxygens (including phenoxy) is 1. The van der Waals surface area contributed by atoms with Crippen LogP contribution in [-0.4, -0.2) is 32.3 Å². The van der Waals surface area contributed by atoms with Crippen molar-refractivity contribution in [3.05, 3.63) is 18.2 Å². The quantitative estimate of drug-likeness (QED) is 0.869. The van der Waals surface area contributed by atoms with Crippen molar-refractivity contribution in [2.75, 3.05) is 0 Å². The Kier molecular flexibility index (Phi) is 3.88. The first kappa shape index (κ1) is 13.2. The minimum atomic E-state index is -0.915. The lowest BCUT2D eigenvalue weighted by Gasteiger charge is -2.20. The van der Waals surface area contributed by atoms with Crippen LogP contribution in [-0.2, 0) is 16.0 Å². The van der Waals surface area contributed by atoms with E-state index in [0.29, 0.717) is 5.69 Å². The number of imidazole rings is 1. The lowest BCUT2D eigenvalue weighted by atomic mass is 10.2. The van der Waals surface area contributed by atoms with Gasteiger partial charge >= 0.3 is 12.1 Å². The number of aryl methyl sites for hydroxylation is 1. The molecule has 0 aliphatic rings. The second kappa shape index (κ2) is 4.99. The molecule has 0 atom stereocenters. The maximum absolute atomic E-state index is 11.7. The van der Waals surface area contributed by atoms with Crippen molar-refractivity contribution in [2.24, 2.45) is 0 Å². The zero-order valence-electron chi connectivity index (χ0n) is 10.1. The van der Waals surface area contributed by atoms with Gasteiger partial charge in [0.05, 0.1) is 6.42 Å². The molecule has 0 unspecified atom stereocenters. The monoisotopic (exact) mass is 240 g/mol. The van der Waals surface area contributed by atoms with E-state index in [1.54, 1.807) is 20.8 Å². The van der Waals surface area contributed by atoms with Gasteiger partial charge in [-0.05, 0) is 20.8 Å². The predicted octanol–water partition coefficient (Wildman–Crippen LogP) is 1.68. The molecule has 0 bridgehead atoms. The van der Waals surface area contributed by atoms with E-state index < -0.39 is 17.7 Å². The molecule has 0 fully saturated rings. The van der Waals surface area contributed by atoms with Crippen LogP contribution in [0.5, 0.6) is 0 Å². The first-order chi connectivity index (χ1) is 7.79. The van der Waals surface area contributed by atoms with Gasteiger partial charge in [0.25, 0.3) is 0 Å². The number of nitrogens with zero attached hydrogens (tertiary/aromatic N) is 2. The number of carbonyl (C=O) groups is 2. The fourth-order valence-corrected chi connectivity index (χ4v) is 1.22. The molecule has 0 radical (unpaired) electrons. The molecule has 0 saturated carbocycles. The summed E-state index contributed by atoms with van der Waals surface area (Å²) in [6.07, 6.45) is 2.44. The third-order valence-electron chi connectivity index (χ3n) is 1.90. The molecule has 0 spiro atoms. The SMILES string of the molecule is CC(C)(C)OC(=O)n1cncc1CCC(=O)O. The number of aromatic nitrogens is 2. The summed E-state index contributed by atoms with van der Waals surface area (Å²) in [5.74, 6) is -0.915. The van der Waals surface area contributed by atoms with Gasteiger partial charge < -0.3 is 9.84 Å². The highest BCUT2D eigenvalue weighted by atomic mass is 16.6. The van der Waals surface area contributed by atoms with Crippen LogP contribution in [0.15, 0.2) is 12.5 Å². The second-order valence-corrected chi connectivity index (χ2v) is 4.63. The van der Waals surface area contributed by atoms with Gasteiger partial charge in [0.2, 0.25) is 0 Å². The van der Waals surface area contributed by atoms with E-state index in [0.717, 1.165) is 0 Å². The number of hydrogen-bond donors (Lipinski definition) is 1. The number of rotatable bonds is 3. The summed E-state index contributed by atoms with van der Waals surface area (Å²) in [6.45, 7) is 5.29. The Balaban J connectivity index is 2.74. The summed E-state index contributed by atoms with van der Waals surface area (Å²) >= 11 is 0. The Morgan fingerprint density at radius 2 is 2.12 bits per heavy atom. The summed E-state index contributed by atoms with van der Waals surface area (Å²) in [5.41, 5.74) is -0.0625. The molecule has 0 amide bonds. The standard InChI is InChI=1S/C11H16N2O4/c1-11(2,3)17-10(16)13-7-12-6-8(13)4-5-9(14)15/h6-7H,4-5H2,1-3H3,(H,14,15). The maximum atomic E-state index is 11.7. The Bertz CT molecular complexity index is 417. The molecule has 0 aliphatic heterocycles. The zero-order valence-corrected chi connectivity index (χ0v) is 10.1. The lowest BCUT2D eigenvalue weighted by molar-refractivity contribution is -0.137. The number of hydrogen-bond acceptors (Lipinski definition) is 4. The van der Waals surface area contributed by atoms with Crippen LogP contribution < -0.4 is 0 Å². The summed E-state index contributed by atoms with van der Waals surface area (Å²) in [4.78, 5) is 26.0. The molecule has 17 heavy (non-hydrogen) atoms. The molecule has 1 heterocycles. The third-order valence-corrected chi connectivity index (χ3v) is 1.90. The fraction of sp³-hybridized carbons (Fsp3) is 0.545. The molecule has 0 saturated heterocycles. The van der Waals surface area contributed by atoms with Crippen LogP contribution in [0.1, 0.15) is 32.9 Å². The topological polar surface area (TPSA) is 81.4 Å². The van der Waals surface area contributed by atoms with Gasteiger partial charge in [-0.3, -0.25) is 4.79 Å². The fourth-order valence-electron chi connectivity index (χ4n) is 1.22. The minimum absolute atomic E-state index is 0.0471. The molecule has 94 valence electrons. The Morgan fingerprint density at radius 3 is 2.65 bits per heavy atom. The normalized spacial score (nSPS) is 11.2. The van der Waals surface area contributed by atoms with E-state index in [1.165, 1.54) is 17.1 Å². The molecule has 1 N–H and O–H groups in total. The van der Waals surface area contributed by atoms with Gasteiger partial charge in [-0.1, -0.05) is 0 Å². The van der Waals surface area contributed by atoms with Crippen molar-refractivity contribution in [2.45, 2.75) is 39.2 Å². The Labute approximate surface area is 99.2 Å². The predicted molar refractivity (Wildman–Crippen MR) is 59.8 cm³/mol. The van der Waals surface area contributed by atoms with Crippen LogP contribution in [0.25, 0.3) is 0 Å². The first-order valence-electron chi connectivity index (χ1n) is 5.26. The number of carbonyl (C=O) groups excluding carboxylic acids is 1. The van der Waals surface area contributed by atoms with Crippen LogP contribution in [0.3, 0.4) is 0 Å². The van der Waals surface area contributed by atoms with Gasteiger partial charge in [-0.2, -0.15) is 0 Å². The Hall–Kier alpha value is -1.85. The Morgan fingerprint density at radius 1 is 1.47 bits per heavy atom. The van der Waals surface area contributed by atoms with Crippen molar-refractivity contribution in [1.82, 2.24) is 9.55 Å². The molecule has 1 aromatic heterocycles. The van der Waals surface area contributed by atoms with E-state index >= 15 is 0 Å². The van der Waals surface area contributed by atoms with E-state index in [-0.39, 0.29) is 12.8 Å². The van der Waals surface area contributed by atoms with E-state index in [1.807, 2.05) is 0 Å². The summed E-state index contributed by atoms with van der Waals surface area (Å²) in [6, 6.07) is 0. The van der Waals surface area contributed by atoms with Gasteiger partial charge in [0.1, 0.15) is 11.9 Å². The molecule has 0 aromatic carbocycles. The van der Waals surface area contributed by atoms with Gasteiger partial charge in [0, 0.05) is 18.3 Å². The van der Waals surface area contributed by atoms with E-state index in [4.69, 9.17) is 9.84 Å². The number of carboxylic acids is 1. The van der Waals surface area contributed by atoms with Gasteiger partial charge in [-0.15, -0.1) is 0 Å². The van der Waals surface area contributed by atoms with Crippen molar-refractivity contribution in [1.29, 1.82) is 0 Å². The molecular weight excluding hydrogens is 224 g/mol. The highest BCUT2D eigenvalue weighted by Crippen LogP contribution is 2.11. The summed E-state index contributed by atoms with van der Waals surface area (Å²) < 4.78 is 6.40. The van der Waals surface area contributed by atoms with Crippen molar-refractivity contribution in [3.63, 3.8) is 0 Å². The molecule has 0 aliphatic carbocycles. The smallest absolute Gasteiger partial charge is 0.420 e. The molecule has 6 heteroatoms. The van der Waals surface area contributed by atoms with Crippen LogP contribution in [0, 0.1) is 0 Å². The molecular formula is C11H16N2O4. The highest BCUT2D eigenvalue weighted by Gasteiger charge is 2.19. The van der Waals surface area contributed by atoms with Crippen molar-refractivity contribution < 1.29 is 19.4 Å². The second-order valence-electron chi connectivity index (χ2n) is 4.63. The third kappa shape index (κ3) is 4.26. The van der Waals surface area contributed by atoms with Crippen molar-refractivity contribution >= 4 is 12.1 Å². The van der Waals surface area contributed by atoms with E-state index in [2.05, 4.69) is 4.98 Å². The van der Waals surface area contributed by atoms with Crippen LogP contribution in [0.4, 0.5) is 4.79 Å². The minimum Gasteiger partial charge on any atom is -0.481 e.